The highest BCUT2D eigenvalue weighted by Gasteiger charge is 2.31. The molecule has 1 saturated heterocycles. The van der Waals surface area contributed by atoms with E-state index in [-0.39, 0.29) is 17.4 Å². The SMILES string of the molecule is CC(C)(C)c1noc(CCCC(=O)NC2CCN(c3ccc(C(F)(F)F)cn3)CC2)n1. The number of aromatic nitrogens is 3. The van der Waals surface area contributed by atoms with Crippen molar-refractivity contribution in [2.45, 2.75) is 70.5 Å². The van der Waals surface area contributed by atoms with Gasteiger partial charge in [-0.25, -0.2) is 4.98 Å². The van der Waals surface area contributed by atoms with Gasteiger partial charge in [-0.3, -0.25) is 4.79 Å². The van der Waals surface area contributed by atoms with E-state index in [9.17, 15) is 18.0 Å². The zero-order valence-corrected chi connectivity index (χ0v) is 18.0. The number of hydrogen-bond acceptors (Lipinski definition) is 6. The third-order valence-electron chi connectivity index (χ3n) is 5.19. The first kappa shape index (κ1) is 23.0. The Hall–Kier alpha value is -2.65. The summed E-state index contributed by atoms with van der Waals surface area (Å²) in [5.41, 5.74) is -0.933. The lowest BCUT2D eigenvalue weighted by molar-refractivity contribution is -0.137. The Labute approximate surface area is 179 Å². The van der Waals surface area contributed by atoms with Crippen LogP contribution in [0.1, 0.15) is 63.7 Å². The lowest BCUT2D eigenvalue weighted by Crippen LogP contribution is -2.44. The minimum Gasteiger partial charge on any atom is -0.356 e. The van der Waals surface area contributed by atoms with Crippen molar-refractivity contribution in [3.63, 3.8) is 0 Å². The summed E-state index contributed by atoms with van der Waals surface area (Å²) in [6, 6.07) is 2.49. The first-order valence-electron chi connectivity index (χ1n) is 10.4. The van der Waals surface area contributed by atoms with Crippen molar-refractivity contribution in [1.82, 2.24) is 20.4 Å². The van der Waals surface area contributed by atoms with E-state index in [0.717, 1.165) is 12.3 Å². The van der Waals surface area contributed by atoms with Gasteiger partial charge in [0.2, 0.25) is 11.8 Å². The standard InChI is InChI=1S/C21H28F3N5O2/c1-20(2,3)19-27-18(31-28-19)6-4-5-17(30)26-15-9-11-29(12-10-15)16-8-7-14(13-25-16)21(22,23)24/h7-8,13,15H,4-6,9-12H2,1-3H3,(H,26,30). The second kappa shape index (κ2) is 9.23. The number of hydrogen-bond donors (Lipinski definition) is 1. The van der Waals surface area contributed by atoms with Crippen LogP contribution >= 0.6 is 0 Å². The summed E-state index contributed by atoms with van der Waals surface area (Å²) in [6.45, 7) is 7.28. The average molecular weight is 439 g/mol. The van der Waals surface area contributed by atoms with E-state index < -0.39 is 11.7 Å². The van der Waals surface area contributed by atoms with Gasteiger partial charge in [0, 0.05) is 43.6 Å². The molecule has 0 spiro atoms. The summed E-state index contributed by atoms with van der Waals surface area (Å²) in [7, 11) is 0. The number of carbonyl (C=O) groups excluding carboxylic acids is 1. The fourth-order valence-corrected chi connectivity index (χ4v) is 3.35. The third-order valence-corrected chi connectivity index (χ3v) is 5.19. The van der Waals surface area contributed by atoms with Crippen molar-refractivity contribution >= 4 is 11.7 Å². The molecule has 1 aliphatic heterocycles. The summed E-state index contributed by atoms with van der Waals surface area (Å²) < 4.78 is 43.2. The molecule has 7 nitrogen and oxygen atoms in total. The number of nitrogens with one attached hydrogen (secondary N) is 1. The maximum atomic E-state index is 12.7. The van der Waals surface area contributed by atoms with E-state index in [1.807, 2.05) is 25.7 Å². The lowest BCUT2D eigenvalue weighted by Gasteiger charge is -2.33. The molecule has 0 aliphatic carbocycles. The maximum absolute atomic E-state index is 12.7. The van der Waals surface area contributed by atoms with Crippen molar-refractivity contribution in [2.75, 3.05) is 18.0 Å². The fraction of sp³-hybridized carbons (Fsp3) is 0.619. The van der Waals surface area contributed by atoms with Crippen molar-refractivity contribution < 1.29 is 22.5 Å². The highest BCUT2D eigenvalue weighted by atomic mass is 19.4. The first-order valence-corrected chi connectivity index (χ1v) is 10.4. The highest BCUT2D eigenvalue weighted by Crippen LogP contribution is 2.29. The van der Waals surface area contributed by atoms with Gasteiger partial charge in [0.1, 0.15) is 5.82 Å². The number of anilines is 1. The van der Waals surface area contributed by atoms with Crippen LogP contribution in [0.5, 0.6) is 0 Å². The van der Waals surface area contributed by atoms with Gasteiger partial charge in [0.15, 0.2) is 5.82 Å². The molecule has 170 valence electrons. The maximum Gasteiger partial charge on any atom is 0.417 e. The van der Waals surface area contributed by atoms with Crippen LogP contribution in [0.4, 0.5) is 19.0 Å². The number of halogens is 3. The van der Waals surface area contributed by atoms with Crippen LogP contribution in [0.3, 0.4) is 0 Å². The van der Waals surface area contributed by atoms with Gasteiger partial charge >= 0.3 is 6.18 Å². The predicted octanol–water partition coefficient (Wildman–Crippen LogP) is 3.89. The molecular weight excluding hydrogens is 411 g/mol. The first-order chi connectivity index (χ1) is 14.5. The Morgan fingerprint density at radius 3 is 2.48 bits per heavy atom. The van der Waals surface area contributed by atoms with Gasteiger partial charge in [-0.2, -0.15) is 18.2 Å². The number of alkyl halides is 3. The molecule has 1 aliphatic rings. The minimum atomic E-state index is -4.39. The lowest BCUT2D eigenvalue weighted by atomic mass is 9.96. The Morgan fingerprint density at radius 1 is 1.23 bits per heavy atom. The molecule has 0 bridgehead atoms. The summed E-state index contributed by atoms with van der Waals surface area (Å²) >= 11 is 0. The van der Waals surface area contributed by atoms with Crippen LogP contribution in [0.15, 0.2) is 22.9 Å². The van der Waals surface area contributed by atoms with Gasteiger partial charge < -0.3 is 14.7 Å². The van der Waals surface area contributed by atoms with Crippen molar-refractivity contribution in [3.05, 3.63) is 35.6 Å². The van der Waals surface area contributed by atoms with E-state index in [1.54, 1.807) is 0 Å². The summed E-state index contributed by atoms with van der Waals surface area (Å²) in [5, 5.41) is 7.01. The molecule has 3 rings (SSSR count). The molecular formula is C21H28F3N5O2. The zero-order chi connectivity index (χ0) is 22.6. The van der Waals surface area contributed by atoms with Crippen LogP contribution in [0.25, 0.3) is 0 Å². The topological polar surface area (TPSA) is 84.2 Å². The molecule has 0 atom stereocenters. The van der Waals surface area contributed by atoms with Crippen molar-refractivity contribution in [2.24, 2.45) is 0 Å². The Bertz CT molecular complexity index is 866. The van der Waals surface area contributed by atoms with Crippen LogP contribution < -0.4 is 10.2 Å². The number of piperidine rings is 1. The Kier molecular flexibility index (Phi) is 6.86. The minimum absolute atomic E-state index is 0.0262. The monoisotopic (exact) mass is 439 g/mol. The summed E-state index contributed by atoms with van der Waals surface area (Å²) in [4.78, 5) is 22.5. The largest absolute Gasteiger partial charge is 0.417 e. The van der Waals surface area contributed by atoms with E-state index in [0.29, 0.717) is 62.7 Å². The second-order valence-corrected chi connectivity index (χ2v) is 8.85. The van der Waals surface area contributed by atoms with E-state index >= 15 is 0 Å². The molecule has 31 heavy (non-hydrogen) atoms. The molecule has 1 amide bonds. The molecule has 1 fully saturated rings. The molecule has 3 heterocycles. The fourth-order valence-electron chi connectivity index (χ4n) is 3.35. The van der Waals surface area contributed by atoms with Gasteiger partial charge in [-0.1, -0.05) is 25.9 Å². The van der Waals surface area contributed by atoms with Crippen LogP contribution in [-0.4, -0.2) is 40.2 Å². The molecule has 2 aromatic heterocycles. The molecule has 1 N–H and O–H groups in total. The summed E-state index contributed by atoms with van der Waals surface area (Å²) in [5.74, 6) is 1.69. The second-order valence-electron chi connectivity index (χ2n) is 8.85. The summed E-state index contributed by atoms with van der Waals surface area (Å²) in [6.07, 6.45) is -0.563. The van der Waals surface area contributed by atoms with Crippen molar-refractivity contribution in [1.29, 1.82) is 0 Å². The predicted molar refractivity (Wildman–Crippen MR) is 109 cm³/mol. The van der Waals surface area contributed by atoms with Gasteiger partial charge in [0.25, 0.3) is 0 Å². The number of amides is 1. The Morgan fingerprint density at radius 2 is 1.94 bits per heavy atom. The quantitative estimate of drug-likeness (QED) is 0.735. The molecule has 0 unspecified atom stereocenters. The molecule has 0 radical (unpaired) electrons. The smallest absolute Gasteiger partial charge is 0.356 e. The third kappa shape index (κ3) is 6.41. The van der Waals surface area contributed by atoms with Gasteiger partial charge in [0.05, 0.1) is 5.56 Å². The van der Waals surface area contributed by atoms with Gasteiger partial charge in [-0.05, 0) is 31.4 Å². The van der Waals surface area contributed by atoms with Crippen LogP contribution in [0, 0.1) is 0 Å². The van der Waals surface area contributed by atoms with Crippen molar-refractivity contribution in [3.8, 4) is 0 Å². The average Bonchev–Trinajstić information content (AvgIpc) is 3.17. The zero-order valence-electron chi connectivity index (χ0n) is 18.0. The highest BCUT2D eigenvalue weighted by molar-refractivity contribution is 5.76. The van der Waals surface area contributed by atoms with Gasteiger partial charge in [-0.15, -0.1) is 0 Å². The Balaban J connectivity index is 1.38. The number of nitrogens with zero attached hydrogens (tertiary/aromatic N) is 4. The molecule has 0 saturated carbocycles. The molecule has 2 aromatic rings. The normalized spacial score (nSPS) is 15.9. The molecule has 10 heteroatoms. The number of rotatable bonds is 6. The van der Waals surface area contributed by atoms with Crippen LogP contribution in [0.2, 0.25) is 0 Å². The number of pyridine rings is 1. The molecule has 0 aromatic carbocycles. The number of aryl methyl sites for hydroxylation is 1. The van der Waals surface area contributed by atoms with E-state index in [2.05, 4.69) is 20.4 Å². The van der Waals surface area contributed by atoms with E-state index in [1.165, 1.54) is 6.07 Å². The van der Waals surface area contributed by atoms with E-state index in [4.69, 9.17) is 4.52 Å². The number of carbonyl (C=O) groups is 1. The van der Waals surface area contributed by atoms with Crippen LogP contribution in [-0.2, 0) is 22.8 Å².